The zero-order valence-electron chi connectivity index (χ0n) is 14.8. The van der Waals surface area contributed by atoms with Crippen LogP contribution in [0.4, 0.5) is 0 Å². The van der Waals surface area contributed by atoms with Gasteiger partial charge >= 0.3 is 0 Å². The lowest BCUT2D eigenvalue weighted by atomic mass is 9.91. The molecule has 7 nitrogen and oxygen atoms in total. The highest BCUT2D eigenvalue weighted by molar-refractivity contribution is 7.89. The summed E-state index contributed by atoms with van der Waals surface area (Å²) in [5.74, 6) is 0.520. The van der Waals surface area contributed by atoms with E-state index < -0.39 is 10.0 Å². The number of piperidine rings is 1. The number of aromatic nitrogens is 4. The number of hydrogen-bond donors (Lipinski definition) is 0. The minimum atomic E-state index is -3.52. The predicted octanol–water partition coefficient (Wildman–Crippen LogP) is 2.31. The Balaban J connectivity index is 1.45. The molecule has 0 aliphatic carbocycles. The van der Waals surface area contributed by atoms with Crippen molar-refractivity contribution in [1.82, 2.24) is 24.5 Å². The second-order valence-electron chi connectivity index (χ2n) is 6.79. The average Bonchev–Trinajstić information content (AvgIpc) is 3.24. The number of hydrogen-bond acceptors (Lipinski definition) is 5. The lowest BCUT2D eigenvalue weighted by molar-refractivity contribution is 0.273. The first-order chi connectivity index (χ1) is 13.1. The van der Waals surface area contributed by atoms with Gasteiger partial charge in [-0.1, -0.05) is 36.4 Å². The first-order valence-corrected chi connectivity index (χ1v) is 10.4. The van der Waals surface area contributed by atoms with Crippen molar-refractivity contribution in [2.45, 2.75) is 24.2 Å². The van der Waals surface area contributed by atoms with E-state index in [4.69, 9.17) is 0 Å². The van der Waals surface area contributed by atoms with Crippen LogP contribution in [0.15, 0.2) is 65.8 Å². The first kappa shape index (κ1) is 17.8. The molecule has 0 N–H and O–H groups in total. The predicted molar refractivity (Wildman–Crippen MR) is 101 cm³/mol. The minimum Gasteiger partial charge on any atom is -0.207 e. The Morgan fingerprint density at radius 1 is 1.00 bits per heavy atom. The summed E-state index contributed by atoms with van der Waals surface area (Å²) in [7, 11) is -3.52. The Labute approximate surface area is 158 Å². The van der Waals surface area contributed by atoms with Crippen molar-refractivity contribution < 1.29 is 8.42 Å². The van der Waals surface area contributed by atoms with Gasteiger partial charge < -0.3 is 0 Å². The molecule has 1 aliphatic rings. The van der Waals surface area contributed by atoms with Gasteiger partial charge in [0.05, 0.1) is 10.6 Å². The SMILES string of the molecule is O=S(=O)(c1cccc(-n2cnnn2)c1)N1CCC(Cc2ccccc2)CC1. The third-order valence-electron chi connectivity index (χ3n) is 5.01. The highest BCUT2D eigenvalue weighted by Crippen LogP contribution is 2.26. The molecule has 2 heterocycles. The molecule has 8 heteroatoms. The molecule has 140 valence electrons. The Bertz CT molecular complexity index is 982. The molecule has 1 fully saturated rings. The summed E-state index contributed by atoms with van der Waals surface area (Å²) in [6.07, 6.45) is 4.20. The van der Waals surface area contributed by atoms with Crippen LogP contribution in [0.2, 0.25) is 0 Å². The van der Waals surface area contributed by atoms with E-state index in [0.717, 1.165) is 19.3 Å². The van der Waals surface area contributed by atoms with Crippen molar-refractivity contribution >= 4 is 10.0 Å². The van der Waals surface area contributed by atoms with Crippen molar-refractivity contribution in [1.29, 1.82) is 0 Å². The normalized spacial score (nSPS) is 16.4. The van der Waals surface area contributed by atoms with Crippen LogP contribution in [0.25, 0.3) is 5.69 Å². The summed E-state index contributed by atoms with van der Waals surface area (Å²) in [6.45, 7) is 1.10. The maximum absolute atomic E-state index is 13.0. The first-order valence-electron chi connectivity index (χ1n) is 9.00. The molecule has 0 radical (unpaired) electrons. The summed E-state index contributed by atoms with van der Waals surface area (Å²) in [6, 6.07) is 17.1. The van der Waals surface area contributed by atoms with Crippen LogP contribution in [0, 0.1) is 5.92 Å². The smallest absolute Gasteiger partial charge is 0.207 e. The molecule has 0 bridgehead atoms. The third kappa shape index (κ3) is 3.91. The van der Waals surface area contributed by atoms with Gasteiger partial charge in [-0.2, -0.15) is 4.31 Å². The van der Waals surface area contributed by atoms with Crippen LogP contribution in [0.5, 0.6) is 0 Å². The molecule has 0 atom stereocenters. The van der Waals surface area contributed by atoms with Crippen molar-refractivity contribution in [2.24, 2.45) is 5.92 Å². The molecule has 0 amide bonds. The fourth-order valence-corrected chi connectivity index (χ4v) is 5.03. The van der Waals surface area contributed by atoms with E-state index in [2.05, 4.69) is 27.7 Å². The van der Waals surface area contributed by atoms with Crippen LogP contribution in [-0.4, -0.2) is 46.0 Å². The molecule has 0 spiro atoms. The summed E-state index contributed by atoms with van der Waals surface area (Å²) < 4.78 is 29.1. The Hall–Kier alpha value is -2.58. The summed E-state index contributed by atoms with van der Waals surface area (Å²) in [5.41, 5.74) is 1.94. The maximum atomic E-state index is 13.0. The highest BCUT2D eigenvalue weighted by Gasteiger charge is 2.29. The van der Waals surface area contributed by atoms with Crippen molar-refractivity contribution in [3.8, 4) is 5.69 Å². The van der Waals surface area contributed by atoms with Crippen molar-refractivity contribution in [3.05, 3.63) is 66.5 Å². The molecule has 2 aromatic carbocycles. The van der Waals surface area contributed by atoms with E-state index in [-0.39, 0.29) is 4.90 Å². The van der Waals surface area contributed by atoms with Crippen LogP contribution in [-0.2, 0) is 16.4 Å². The number of nitrogens with zero attached hydrogens (tertiary/aromatic N) is 5. The van der Waals surface area contributed by atoms with Crippen LogP contribution < -0.4 is 0 Å². The molecule has 0 saturated carbocycles. The van der Waals surface area contributed by atoms with E-state index in [1.54, 1.807) is 28.6 Å². The number of rotatable bonds is 5. The van der Waals surface area contributed by atoms with Crippen LogP contribution in [0.1, 0.15) is 18.4 Å². The van der Waals surface area contributed by atoms with Gasteiger partial charge in [-0.3, -0.25) is 0 Å². The Morgan fingerprint density at radius 2 is 1.78 bits per heavy atom. The fourth-order valence-electron chi connectivity index (χ4n) is 3.52. The topological polar surface area (TPSA) is 81.0 Å². The lowest BCUT2D eigenvalue weighted by Gasteiger charge is -2.31. The van der Waals surface area contributed by atoms with Gasteiger partial charge in [-0.15, -0.1) is 5.10 Å². The summed E-state index contributed by atoms with van der Waals surface area (Å²) in [5, 5.41) is 11.0. The minimum absolute atomic E-state index is 0.275. The summed E-state index contributed by atoms with van der Waals surface area (Å²) >= 11 is 0. The van der Waals surface area contributed by atoms with Crippen molar-refractivity contribution in [3.63, 3.8) is 0 Å². The number of tetrazole rings is 1. The summed E-state index contributed by atoms with van der Waals surface area (Å²) in [4.78, 5) is 0.275. The van der Waals surface area contributed by atoms with Gasteiger partial charge in [0.2, 0.25) is 10.0 Å². The number of benzene rings is 2. The molecular weight excluding hydrogens is 362 g/mol. The van der Waals surface area contributed by atoms with Gasteiger partial charge in [0, 0.05) is 13.1 Å². The fraction of sp³-hybridized carbons (Fsp3) is 0.316. The van der Waals surface area contributed by atoms with Crippen LogP contribution in [0.3, 0.4) is 0 Å². The molecule has 1 aliphatic heterocycles. The number of sulfonamides is 1. The van der Waals surface area contributed by atoms with Gasteiger partial charge in [0.1, 0.15) is 6.33 Å². The maximum Gasteiger partial charge on any atom is 0.243 e. The zero-order valence-corrected chi connectivity index (χ0v) is 15.7. The molecule has 0 unspecified atom stereocenters. The van der Waals surface area contributed by atoms with E-state index in [1.165, 1.54) is 16.6 Å². The Kier molecular flexibility index (Phi) is 5.00. The second kappa shape index (κ2) is 7.58. The quantitative estimate of drug-likeness (QED) is 0.675. The van der Waals surface area contributed by atoms with E-state index in [0.29, 0.717) is 24.7 Å². The van der Waals surface area contributed by atoms with Gasteiger partial charge in [-0.25, -0.2) is 13.1 Å². The van der Waals surface area contributed by atoms with Gasteiger partial charge in [-0.05, 0) is 59.4 Å². The van der Waals surface area contributed by atoms with E-state index in [1.807, 2.05) is 18.2 Å². The lowest BCUT2D eigenvalue weighted by Crippen LogP contribution is -2.38. The zero-order chi connectivity index (χ0) is 18.7. The third-order valence-corrected chi connectivity index (χ3v) is 6.90. The van der Waals surface area contributed by atoms with E-state index >= 15 is 0 Å². The monoisotopic (exact) mass is 383 g/mol. The highest BCUT2D eigenvalue weighted by atomic mass is 32.2. The molecule has 3 aromatic rings. The van der Waals surface area contributed by atoms with Gasteiger partial charge in [0.25, 0.3) is 0 Å². The largest absolute Gasteiger partial charge is 0.243 e. The molecular formula is C19H21N5O2S. The second-order valence-corrected chi connectivity index (χ2v) is 8.73. The molecule has 27 heavy (non-hydrogen) atoms. The standard InChI is InChI=1S/C19H21N5O2S/c25-27(26,19-8-4-7-18(14-19)24-15-20-21-22-24)23-11-9-17(10-12-23)13-16-5-2-1-3-6-16/h1-8,14-15,17H,9-13H2. The van der Waals surface area contributed by atoms with Crippen molar-refractivity contribution in [2.75, 3.05) is 13.1 Å². The molecule has 4 rings (SSSR count). The average molecular weight is 383 g/mol. The molecule has 1 aromatic heterocycles. The van der Waals surface area contributed by atoms with E-state index in [9.17, 15) is 8.42 Å². The van der Waals surface area contributed by atoms with Crippen LogP contribution >= 0.6 is 0 Å². The van der Waals surface area contributed by atoms with Gasteiger partial charge in [0.15, 0.2) is 0 Å². The Morgan fingerprint density at radius 3 is 2.48 bits per heavy atom. The molecule has 1 saturated heterocycles.